The molecule has 226 valence electrons. The van der Waals surface area contributed by atoms with Gasteiger partial charge in [0.1, 0.15) is 35.6 Å². The Balaban J connectivity index is 1.43. The topological polar surface area (TPSA) is 141 Å². The number of piperidine rings is 1. The Labute approximate surface area is 252 Å². The summed E-state index contributed by atoms with van der Waals surface area (Å²) in [7, 11) is 5.43. The van der Waals surface area contributed by atoms with Crippen LogP contribution in [0, 0.1) is 11.3 Å². The smallest absolute Gasteiger partial charge is 0.255 e. The molecule has 11 nitrogen and oxygen atoms in total. The minimum absolute atomic E-state index is 0.130. The summed E-state index contributed by atoms with van der Waals surface area (Å²) in [6, 6.07) is 14.8. The molecule has 2 N–H and O–H groups in total. The fourth-order valence-electron chi connectivity index (χ4n) is 4.87. The van der Waals surface area contributed by atoms with Gasteiger partial charge in [0.15, 0.2) is 0 Å². The van der Waals surface area contributed by atoms with Gasteiger partial charge in [-0.1, -0.05) is 6.07 Å². The van der Waals surface area contributed by atoms with Gasteiger partial charge in [-0.25, -0.2) is 9.97 Å². The summed E-state index contributed by atoms with van der Waals surface area (Å²) in [5, 5.41) is 22.3. The van der Waals surface area contributed by atoms with Crippen LogP contribution in [0.3, 0.4) is 0 Å². The molecular formula is C32H38N6O5. The second kappa shape index (κ2) is 14.6. The molecule has 1 aliphatic rings. The summed E-state index contributed by atoms with van der Waals surface area (Å²) < 4.78 is 11.6. The summed E-state index contributed by atoms with van der Waals surface area (Å²) >= 11 is 0. The number of benzene rings is 2. The number of hydrogen-bond donors (Lipinski definition) is 2. The summed E-state index contributed by atoms with van der Waals surface area (Å²) in [5.74, 6) is 1.07. The van der Waals surface area contributed by atoms with Crippen LogP contribution in [0.5, 0.6) is 11.5 Å². The maximum absolute atomic E-state index is 12.6. The lowest BCUT2D eigenvalue weighted by atomic mass is 10.0. The average Bonchev–Trinajstić information content (AvgIpc) is 3.01. The van der Waals surface area contributed by atoms with Crippen LogP contribution in [0.2, 0.25) is 0 Å². The third-order valence-corrected chi connectivity index (χ3v) is 7.22. The maximum Gasteiger partial charge on any atom is 0.255 e. The number of ether oxygens (including phenoxy) is 2. The van der Waals surface area contributed by atoms with Crippen molar-refractivity contribution in [2.75, 3.05) is 47.4 Å². The Morgan fingerprint density at radius 1 is 1.16 bits per heavy atom. The lowest BCUT2D eigenvalue weighted by Crippen LogP contribution is -2.45. The van der Waals surface area contributed by atoms with Crippen molar-refractivity contribution < 1.29 is 24.2 Å². The van der Waals surface area contributed by atoms with Crippen LogP contribution in [-0.2, 0) is 11.2 Å². The zero-order valence-electron chi connectivity index (χ0n) is 25.0. The van der Waals surface area contributed by atoms with Gasteiger partial charge < -0.3 is 29.7 Å². The van der Waals surface area contributed by atoms with Crippen LogP contribution in [0.4, 0.5) is 0 Å². The number of nitrogens with zero attached hydrogens (tertiary/aromatic N) is 5. The first-order valence-electron chi connectivity index (χ1n) is 14.3. The van der Waals surface area contributed by atoms with Gasteiger partial charge in [0.2, 0.25) is 0 Å². The van der Waals surface area contributed by atoms with E-state index in [0.29, 0.717) is 73.0 Å². The molecule has 11 heteroatoms. The standard InChI is InChI=1S/C32H38N6O5/c1-21(39)32(41)38-14-10-25(11-15-38)43-28-8-6-23(19-24(28)20-33)27-9-12-34-30(36-27)18-22-5-7-26(29(17-22)42-4)31(40)35-13-16-37(2)3/h5-9,12,17,19,21,25,39H,10-11,13-16,18H2,1-4H3,(H,35,40)/t21-/m0/s1. The normalized spacial score (nSPS) is 14.2. The average molecular weight is 587 g/mol. The molecule has 4 rings (SSSR count). The van der Waals surface area contributed by atoms with Crippen molar-refractivity contribution in [3.8, 4) is 28.8 Å². The zero-order valence-corrected chi connectivity index (χ0v) is 25.0. The van der Waals surface area contributed by atoms with Crippen molar-refractivity contribution in [2.24, 2.45) is 0 Å². The van der Waals surface area contributed by atoms with Crippen molar-refractivity contribution in [3.63, 3.8) is 0 Å². The summed E-state index contributed by atoms with van der Waals surface area (Å²) in [6.07, 6.45) is 2.20. The molecule has 2 aromatic carbocycles. The van der Waals surface area contributed by atoms with E-state index in [1.165, 1.54) is 14.0 Å². The number of aliphatic hydroxyl groups excluding tert-OH is 1. The molecule has 1 atom stereocenters. The number of aromatic nitrogens is 2. The number of carbonyl (C=O) groups is 2. The van der Waals surface area contributed by atoms with Gasteiger partial charge in [-0.15, -0.1) is 0 Å². The molecule has 2 heterocycles. The molecule has 0 bridgehead atoms. The van der Waals surface area contributed by atoms with Crippen LogP contribution in [0.15, 0.2) is 48.7 Å². The number of hydrogen-bond acceptors (Lipinski definition) is 9. The molecule has 2 amide bonds. The first-order valence-corrected chi connectivity index (χ1v) is 14.3. The van der Waals surface area contributed by atoms with Crippen molar-refractivity contribution >= 4 is 11.8 Å². The third-order valence-electron chi connectivity index (χ3n) is 7.22. The molecule has 0 radical (unpaired) electrons. The highest BCUT2D eigenvalue weighted by atomic mass is 16.5. The molecule has 43 heavy (non-hydrogen) atoms. The number of likely N-dealkylation sites (tertiary alicyclic amines) is 1. The maximum atomic E-state index is 12.6. The molecule has 1 aromatic heterocycles. The summed E-state index contributed by atoms with van der Waals surface area (Å²) in [6.45, 7) is 3.73. The Kier molecular flexibility index (Phi) is 10.6. The Morgan fingerprint density at radius 2 is 1.93 bits per heavy atom. The molecule has 0 aliphatic carbocycles. The van der Waals surface area contributed by atoms with Crippen LogP contribution in [-0.4, -0.2) is 96.3 Å². The highest BCUT2D eigenvalue weighted by Gasteiger charge is 2.26. The van der Waals surface area contributed by atoms with Gasteiger partial charge in [-0.05, 0) is 63.0 Å². The van der Waals surface area contributed by atoms with E-state index in [-0.39, 0.29) is 17.9 Å². The second-order valence-corrected chi connectivity index (χ2v) is 10.8. The Hall–Kier alpha value is -4.53. The number of amides is 2. The third kappa shape index (κ3) is 8.28. The molecule has 1 saturated heterocycles. The Morgan fingerprint density at radius 3 is 2.60 bits per heavy atom. The molecule has 1 aliphatic heterocycles. The van der Waals surface area contributed by atoms with Gasteiger partial charge in [-0.2, -0.15) is 5.26 Å². The Bertz CT molecular complexity index is 1480. The van der Waals surface area contributed by atoms with Crippen molar-refractivity contribution in [3.05, 3.63) is 71.2 Å². The number of nitriles is 1. The van der Waals surface area contributed by atoms with E-state index >= 15 is 0 Å². The van der Waals surface area contributed by atoms with Gasteiger partial charge in [0.25, 0.3) is 11.8 Å². The predicted molar refractivity (Wildman–Crippen MR) is 161 cm³/mol. The quantitative estimate of drug-likeness (QED) is 0.347. The molecule has 0 unspecified atom stereocenters. The molecular weight excluding hydrogens is 548 g/mol. The van der Waals surface area contributed by atoms with Crippen LogP contribution in [0.25, 0.3) is 11.3 Å². The first-order chi connectivity index (χ1) is 20.7. The van der Waals surface area contributed by atoms with E-state index < -0.39 is 6.10 Å². The van der Waals surface area contributed by atoms with Gasteiger partial charge in [0.05, 0.1) is 23.9 Å². The summed E-state index contributed by atoms with van der Waals surface area (Å²) in [4.78, 5) is 37.5. The van der Waals surface area contributed by atoms with Crippen LogP contribution < -0.4 is 14.8 Å². The molecule has 0 saturated carbocycles. The van der Waals surface area contributed by atoms with E-state index in [1.54, 1.807) is 35.4 Å². The second-order valence-electron chi connectivity index (χ2n) is 10.8. The monoisotopic (exact) mass is 586 g/mol. The lowest BCUT2D eigenvalue weighted by molar-refractivity contribution is -0.141. The van der Waals surface area contributed by atoms with Crippen LogP contribution >= 0.6 is 0 Å². The van der Waals surface area contributed by atoms with E-state index in [1.807, 2.05) is 37.2 Å². The number of likely N-dealkylation sites (N-methyl/N-ethyl adjacent to an activating group) is 1. The number of nitrogens with one attached hydrogen (secondary N) is 1. The van der Waals surface area contributed by atoms with E-state index in [2.05, 4.69) is 16.4 Å². The largest absolute Gasteiger partial charge is 0.496 e. The minimum atomic E-state index is -1.02. The van der Waals surface area contributed by atoms with Gasteiger partial charge in [0, 0.05) is 57.2 Å². The highest BCUT2D eigenvalue weighted by Crippen LogP contribution is 2.28. The highest BCUT2D eigenvalue weighted by molar-refractivity contribution is 5.97. The molecule has 0 spiro atoms. The summed E-state index contributed by atoms with van der Waals surface area (Å²) in [5.41, 5.74) is 3.17. The van der Waals surface area contributed by atoms with E-state index in [9.17, 15) is 20.0 Å². The molecule has 3 aromatic rings. The van der Waals surface area contributed by atoms with Crippen molar-refractivity contribution in [1.82, 2.24) is 25.1 Å². The number of methoxy groups -OCH3 is 1. The van der Waals surface area contributed by atoms with Gasteiger partial charge in [-0.3, -0.25) is 9.59 Å². The van der Waals surface area contributed by atoms with Crippen LogP contribution in [0.1, 0.15) is 47.1 Å². The fraction of sp³-hybridized carbons (Fsp3) is 0.406. The first kappa shape index (κ1) is 31.4. The van der Waals surface area contributed by atoms with Crippen molar-refractivity contribution in [2.45, 2.75) is 38.4 Å². The van der Waals surface area contributed by atoms with Gasteiger partial charge >= 0.3 is 0 Å². The number of aliphatic hydroxyl groups is 1. The lowest BCUT2D eigenvalue weighted by Gasteiger charge is -2.33. The minimum Gasteiger partial charge on any atom is -0.496 e. The number of carbonyl (C=O) groups excluding carboxylic acids is 2. The van der Waals surface area contributed by atoms with Crippen molar-refractivity contribution in [1.29, 1.82) is 5.26 Å². The number of rotatable bonds is 11. The fourth-order valence-corrected chi connectivity index (χ4v) is 4.87. The zero-order chi connectivity index (χ0) is 30.9. The SMILES string of the molecule is COc1cc(Cc2nccc(-c3ccc(OC4CCN(C(=O)[C@H](C)O)CC4)c(C#N)c3)n2)ccc1C(=O)NCCN(C)C. The van der Waals surface area contributed by atoms with E-state index in [0.717, 1.165) is 17.7 Å². The predicted octanol–water partition coefficient (Wildman–Crippen LogP) is 2.66. The molecule has 1 fully saturated rings. The van der Waals surface area contributed by atoms with E-state index in [4.69, 9.17) is 14.5 Å².